The Kier molecular flexibility index (Phi) is 13.0. The van der Waals surface area contributed by atoms with Gasteiger partial charge in [-0.1, -0.05) is 83.9 Å². The molecule has 13 heteroatoms. The summed E-state index contributed by atoms with van der Waals surface area (Å²) in [5, 5.41) is 14.1. The van der Waals surface area contributed by atoms with Crippen molar-refractivity contribution in [2.24, 2.45) is 17.8 Å². The highest BCUT2D eigenvalue weighted by Gasteiger charge is 2.78. The average molecular weight is 801 g/mol. The standard InChI is InChI=1S/C39H47BrClN3O8/c1-6-8-14-30(46)42-28(22-50-5)33(24-12-10-9-11-13-24)51-38(49)31-32-36(47)44(29(21-45)23(3)4)35(39(32)20-27(40)34(31)52-39)37(48)43(19-7-2)26-17-15-25(41)16-18-26/h6-7,9-13,15-18,23,27-29,31-35,45H,1-2,8,14,19-22H2,3-5H3,(H,42,46)/t27?,28-,29-,31+,32-,33-,34+,35+,39-/m0/s1. The zero-order valence-electron chi connectivity index (χ0n) is 29.7. The fourth-order valence-corrected chi connectivity index (χ4v) is 9.01. The molecule has 5 rings (SSSR count). The Balaban J connectivity index is 1.56. The van der Waals surface area contributed by atoms with Crippen molar-refractivity contribution in [2.75, 3.05) is 31.8 Å². The molecule has 3 aliphatic heterocycles. The molecule has 0 aromatic heterocycles. The molecule has 0 radical (unpaired) electrons. The molecular weight excluding hydrogens is 754 g/mol. The van der Waals surface area contributed by atoms with Crippen molar-refractivity contribution < 1.29 is 38.5 Å². The van der Waals surface area contributed by atoms with E-state index in [9.17, 15) is 24.3 Å². The van der Waals surface area contributed by atoms with E-state index in [0.29, 0.717) is 22.7 Å². The summed E-state index contributed by atoms with van der Waals surface area (Å²) in [6.45, 7) is 11.0. The van der Waals surface area contributed by atoms with E-state index in [1.54, 1.807) is 60.7 Å². The van der Waals surface area contributed by atoms with Crippen LogP contribution >= 0.6 is 27.5 Å². The average Bonchev–Trinajstić information content (AvgIpc) is 3.72. The van der Waals surface area contributed by atoms with E-state index in [4.69, 9.17) is 25.8 Å². The number of methoxy groups -OCH3 is 1. The lowest BCUT2D eigenvalue weighted by molar-refractivity contribution is -0.163. The molecule has 0 aliphatic carbocycles. The van der Waals surface area contributed by atoms with Gasteiger partial charge in [-0.2, -0.15) is 0 Å². The summed E-state index contributed by atoms with van der Waals surface area (Å²) < 4.78 is 18.5. The van der Waals surface area contributed by atoms with Crippen LogP contribution in [0.4, 0.5) is 5.69 Å². The van der Waals surface area contributed by atoms with Gasteiger partial charge < -0.3 is 34.4 Å². The molecule has 9 atom stereocenters. The van der Waals surface area contributed by atoms with E-state index < -0.39 is 77.0 Å². The van der Waals surface area contributed by atoms with Crippen LogP contribution in [0, 0.1) is 17.8 Å². The number of hydrogen-bond donors (Lipinski definition) is 2. The smallest absolute Gasteiger partial charge is 0.313 e. The van der Waals surface area contributed by atoms with Crippen molar-refractivity contribution in [1.29, 1.82) is 0 Å². The van der Waals surface area contributed by atoms with Gasteiger partial charge in [-0.25, -0.2) is 0 Å². The number of carbonyl (C=O) groups is 4. The van der Waals surface area contributed by atoms with Crippen molar-refractivity contribution in [3.05, 3.63) is 90.5 Å². The molecule has 2 aromatic carbocycles. The number of anilines is 1. The number of carbonyl (C=O) groups excluding carboxylic acids is 4. The summed E-state index contributed by atoms with van der Waals surface area (Å²) in [5.41, 5.74) is -0.264. The van der Waals surface area contributed by atoms with Crippen LogP contribution in [0.1, 0.15) is 44.8 Å². The Labute approximate surface area is 318 Å². The molecule has 280 valence electrons. The highest BCUT2D eigenvalue weighted by molar-refractivity contribution is 9.09. The summed E-state index contributed by atoms with van der Waals surface area (Å²) in [6.07, 6.45) is 2.37. The van der Waals surface area contributed by atoms with E-state index in [1.165, 1.54) is 16.9 Å². The monoisotopic (exact) mass is 799 g/mol. The molecule has 52 heavy (non-hydrogen) atoms. The second-order valence-corrected chi connectivity index (χ2v) is 15.5. The zero-order valence-corrected chi connectivity index (χ0v) is 32.0. The van der Waals surface area contributed by atoms with E-state index in [1.807, 2.05) is 19.9 Å². The summed E-state index contributed by atoms with van der Waals surface area (Å²) >= 11 is 9.90. The highest BCUT2D eigenvalue weighted by atomic mass is 79.9. The number of benzene rings is 2. The number of halogens is 2. The molecule has 11 nitrogen and oxygen atoms in total. The SMILES string of the molecule is C=CCCC(=O)N[C@@H](COC)[C@@H](OC(=O)[C@H]1[C@@H]2O[C@@]3(CC2Br)[C@@H]1C(=O)N([C@@H](CO)C(C)C)[C@@H]3C(=O)N(CC=C)c1ccc(Cl)cc1)c1ccccc1. The number of aliphatic hydroxyl groups is 1. The summed E-state index contributed by atoms with van der Waals surface area (Å²) in [4.78, 5) is 59.9. The molecule has 0 saturated carbocycles. The predicted octanol–water partition coefficient (Wildman–Crippen LogP) is 5.01. The number of nitrogens with zero attached hydrogens (tertiary/aromatic N) is 2. The van der Waals surface area contributed by atoms with Gasteiger partial charge in [-0.05, 0) is 48.6 Å². The largest absolute Gasteiger partial charge is 0.455 e. The molecule has 2 aromatic rings. The molecule has 3 saturated heterocycles. The maximum atomic E-state index is 14.9. The van der Waals surface area contributed by atoms with Crippen LogP contribution in [0.5, 0.6) is 0 Å². The van der Waals surface area contributed by atoms with Crippen LogP contribution in [-0.4, -0.2) is 95.2 Å². The van der Waals surface area contributed by atoms with Gasteiger partial charge in [0.2, 0.25) is 11.8 Å². The quantitative estimate of drug-likeness (QED) is 0.130. The minimum Gasteiger partial charge on any atom is -0.455 e. The molecule has 2 bridgehead atoms. The van der Waals surface area contributed by atoms with E-state index in [0.717, 1.165) is 0 Å². The van der Waals surface area contributed by atoms with Crippen molar-refractivity contribution >= 4 is 56.9 Å². The number of amides is 3. The Bertz CT molecular complexity index is 1630. The van der Waals surface area contributed by atoms with Crippen molar-refractivity contribution in [2.45, 2.75) is 73.9 Å². The number of allylic oxidation sites excluding steroid dienone is 1. The number of ether oxygens (including phenoxy) is 3. The topological polar surface area (TPSA) is 135 Å². The van der Waals surface area contributed by atoms with Crippen LogP contribution in [-0.2, 0) is 33.4 Å². The molecule has 3 heterocycles. The Hall–Kier alpha value is -3.55. The van der Waals surface area contributed by atoms with Gasteiger partial charge in [-0.15, -0.1) is 13.2 Å². The Morgan fingerprint density at radius 1 is 1.15 bits per heavy atom. The van der Waals surface area contributed by atoms with Gasteiger partial charge in [0.25, 0.3) is 5.91 Å². The lowest BCUT2D eigenvalue weighted by Crippen LogP contribution is -2.60. The first-order chi connectivity index (χ1) is 24.9. The molecule has 1 unspecified atom stereocenters. The lowest BCUT2D eigenvalue weighted by atomic mass is 9.70. The van der Waals surface area contributed by atoms with Gasteiger partial charge in [0.15, 0.2) is 0 Å². The number of fused-ring (bicyclic) bond motifs is 1. The third-order valence-corrected chi connectivity index (χ3v) is 11.4. The minimum atomic E-state index is -1.42. The van der Waals surface area contributed by atoms with Crippen molar-refractivity contribution in [1.82, 2.24) is 10.2 Å². The number of likely N-dealkylation sites (tertiary alicyclic amines) is 1. The van der Waals surface area contributed by atoms with Gasteiger partial charge in [0, 0.05) is 35.6 Å². The molecule has 2 N–H and O–H groups in total. The van der Waals surface area contributed by atoms with Crippen LogP contribution < -0.4 is 10.2 Å². The second-order valence-electron chi connectivity index (χ2n) is 13.8. The Morgan fingerprint density at radius 3 is 2.44 bits per heavy atom. The minimum absolute atomic E-state index is 0.0331. The summed E-state index contributed by atoms with van der Waals surface area (Å²) in [6, 6.07) is 13.1. The van der Waals surface area contributed by atoms with E-state index in [-0.39, 0.29) is 37.8 Å². The predicted molar refractivity (Wildman–Crippen MR) is 201 cm³/mol. The van der Waals surface area contributed by atoms with Crippen molar-refractivity contribution in [3.63, 3.8) is 0 Å². The molecule has 3 amide bonds. The van der Waals surface area contributed by atoms with Crippen molar-refractivity contribution in [3.8, 4) is 0 Å². The molecular formula is C39H47BrClN3O8. The maximum Gasteiger partial charge on any atom is 0.313 e. The first-order valence-corrected chi connectivity index (χ1v) is 18.8. The zero-order chi connectivity index (χ0) is 37.7. The number of esters is 1. The third kappa shape index (κ3) is 7.59. The van der Waals surface area contributed by atoms with Crippen LogP contribution in [0.25, 0.3) is 0 Å². The molecule has 1 spiro atoms. The maximum absolute atomic E-state index is 14.9. The third-order valence-electron chi connectivity index (χ3n) is 10.3. The molecule has 3 fully saturated rings. The fraction of sp³-hybridized carbons (Fsp3) is 0.487. The Morgan fingerprint density at radius 2 is 1.85 bits per heavy atom. The van der Waals surface area contributed by atoms with Crippen LogP contribution in [0.3, 0.4) is 0 Å². The summed E-state index contributed by atoms with van der Waals surface area (Å²) in [7, 11) is 1.49. The van der Waals surface area contributed by atoms with Gasteiger partial charge >= 0.3 is 5.97 Å². The van der Waals surface area contributed by atoms with E-state index >= 15 is 0 Å². The van der Waals surface area contributed by atoms with Gasteiger partial charge in [-0.3, -0.25) is 19.2 Å². The number of nitrogens with one attached hydrogen (secondary N) is 1. The number of aliphatic hydroxyl groups excluding tert-OH is 1. The first-order valence-electron chi connectivity index (χ1n) is 17.5. The normalized spacial score (nSPS) is 26.4. The van der Waals surface area contributed by atoms with Gasteiger partial charge in [0.05, 0.1) is 43.2 Å². The highest BCUT2D eigenvalue weighted by Crippen LogP contribution is 2.61. The lowest BCUT2D eigenvalue weighted by Gasteiger charge is -2.40. The van der Waals surface area contributed by atoms with Gasteiger partial charge in [0.1, 0.15) is 17.7 Å². The summed E-state index contributed by atoms with van der Waals surface area (Å²) in [5.74, 6) is -4.31. The molecule has 3 aliphatic rings. The number of rotatable bonds is 17. The first kappa shape index (κ1) is 39.7. The number of hydrogen-bond acceptors (Lipinski definition) is 8. The number of alkyl halides is 1. The second kappa shape index (κ2) is 17.1. The van der Waals surface area contributed by atoms with E-state index in [2.05, 4.69) is 34.4 Å². The fourth-order valence-electron chi connectivity index (χ4n) is 7.94. The van der Waals surface area contributed by atoms with Crippen LogP contribution in [0.15, 0.2) is 79.9 Å². The van der Waals surface area contributed by atoms with Crippen LogP contribution in [0.2, 0.25) is 5.02 Å².